The van der Waals surface area contributed by atoms with Gasteiger partial charge in [-0.1, -0.05) is 12.1 Å². The van der Waals surface area contributed by atoms with Crippen molar-refractivity contribution in [2.75, 3.05) is 0 Å². The molecule has 3 aromatic rings. The predicted octanol–water partition coefficient (Wildman–Crippen LogP) is 2.44. The van der Waals surface area contributed by atoms with Gasteiger partial charge < -0.3 is 10.2 Å². The molecule has 2 N–H and O–H groups in total. The topological polar surface area (TPSA) is 58.3 Å². The van der Waals surface area contributed by atoms with E-state index >= 15 is 0 Å². The third-order valence-electron chi connectivity index (χ3n) is 2.66. The highest BCUT2D eigenvalue weighted by Gasteiger charge is 2.08. The van der Waals surface area contributed by atoms with Crippen LogP contribution in [0.1, 0.15) is 0 Å². The summed E-state index contributed by atoms with van der Waals surface area (Å²) in [6.07, 6.45) is 1.70. The summed E-state index contributed by atoms with van der Waals surface area (Å²) in [6.45, 7) is 0. The van der Waals surface area contributed by atoms with Gasteiger partial charge in [-0.05, 0) is 30.3 Å². The Balaban J connectivity index is 2.27. The molecule has 84 valence electrons. The first-order valence-corrected chi connectivity index (χ1v) is 5.21. The van der Waals surface area contributed by atoms with Crippen LogP contribution in [-0.2, 0) is 0 Å². The number of benzene rings is 2. The molecule has 0 radical (unpaired) electrons. The molecule has 4 nitrogen and oxygen atoms in total. The Morgan fingerprint density at radius 1 is 0.941 bits per heavy atom. The number of nitrogens with zero attached hydrogens (tertiary/aromatic N) is 2. The average molecular weight is 226 g/mol. The van der Waals surface area contributed by atoms with Crippen LogP contribution >= 0.6 is 0 Å². The number of hydrogen-bond donors (Lipinski definition) is 2. The molecule has 0 fully saturated rings. The summed E-state index contributed by atoms with van der Waals surface area (Å²) < 4.78 is 1.64. The van der Waals surface area contributed by atoms with E-state index in [1.165, 1.54) is 0 Å². The molecule has 0 atom stereocenters. The number of aromatic nitrogens is 2. The van der Waals surface area contributed by atoms with Gasteiger partial charge in [0.25, 0.3) is 0 Å². The fourth-order valence-corrected chi connectivity index (χ4v) is 1.85. The maximum atomic E-state index is 9.85. The summed E-state index contributed by atoms with van der Waals surface area (Å²) in [4.78, 5) is 0. The number of phenolic OH excluding ortho intramolecular Hbond substituents is 2. The quantitative estimate of drug-likeness (QED) is 0.670. The Kier molecular flexibility index (Phi) is 2.01. The van der Waals surface area contributed by atoms with Crippen molar-refractivity contribution in [1.29, 1.82) is 0 Å². The average Bonchev–Trinajstić information content (AvgIpc) is 2.75. The molecular formula is C13H10N2O2. The molecule has 0 unspecified atom stereocenters. The van der Waals surface area contributed by atoms with Gasteiger partial charge in [0.05, 0.1) is 11.9 Å². The molecule has 0 bridgehead atoms. The Morgan fingerprint density at radius 2 is 1.71 bits per heavy atom. The molecule has 2 aromatic carbocycles. The molecule has 0 aliphatic heterocycles. The van der Waals surface area contributed by atoms with E-state index in [2.05, 4.69) is 5.10 Å². The second-order valence-electron chi connectivity index (χ2n) is 3.79. The SMILES string of the molecule is Oc1ccc(-n2ncc3cccc(O)c32)cc1. The van der Waals surface area contributed by atoms with Crippen molar-refractivity contribution in [2.45, 2.75) is 0 Å². The Morgan fingerprint density at radius 3 is 2.47 bits per heavy atom. The lowest BCUT2D eigenvalue weighted by molar-refractivity contribution is 0.475. The van der Waals surface area contributed by atoms with Gasteiger partial charge in [-0.15, -0.1) is 0 Å². The molecule has 17 heavy (non-hydrogen) atoms. The van der Waals surface area contributed by atoms with Crippen LogP contribution in [0.2, 0.25) is 0 Å². The van der Waals surface area contributed by atoms with E-state index in [4.69, 9.17) is 0 Å². The number of hydrogen-bond acceptors (Lipinski definition) is 3. The summed E-state index contributed by atoms with van der Waals surface area (Å²) in [5.74, 6) is 0.391. The van der Waals surface area contributed by atoms with E-state index < -0.39 is 0 Å². The van der Waals surface area contributed by atoms with E-state index in [9.17, 15) is 10.2 Å². The van der Waals surface area contributed by atoms with Crippen molar-refractivity contribution in [3.8, 4) is 17.2 Å². The van der Waals surface area contributed by atoms with Gasteiger partial charge in [-0.2, -0.15) is 5.10 Å². The van der Waals surface area contributed by atoms with E-state index in [1.54, 1.807) is 47.3 Å². The molecule has 1 aromatic heterocycles. The highest BCUT2D eigenvalue weighted by Crippen LogP contribution is 2.26. The monoisotopic (exact) mass is 226 g/mol. The maximum Gasteiger partial charge on any atom is 0.141 e. The van der Waals surface area contributed by atoms with Crippen molar-refractivity contribution in [2.24, 2.45) is 0 Å². The second kappa shape index (κ2) is 3.52. The Hall–Kier alpha value is -2.49. The maximum absolute atomic E-state index is 9.85. The van der Waals surface area contributed by atoms with E-state index in [0.717, 1.165) is 11.1 Å². The van der Waals surface area contributed by atoms with Crippen LogP contribution in [0.5, 0.6) is 11.5 Å². The largest absolute Gasteiger partial charge is 0.508 e. The zero-order valence-corrected chi connectivity index (χ0v) is 8.91. The molecule has 3 rings (SSSR count). The van der Waals surface area contributed by atoms with E-state index in [0.29, 0.717) is 5.52 Å². The summed E-state index contributed by atoms with van der Waals surface area (Å²) in [7, 11) is 0. The normalized spacial score (nSPS) is 10.8. The van der Waals surface area contributed by atoms with Crippen LogP contribution in [-0.4, -0.2) is 20.0 Å². The van der Waals surface area contributed by atoms with Gasteiger partial charge in [0.15, 0.2) is 0 Å². The van der Waals surface area contributed by atoms with Gasteiger partial charge in [-0.25, -0.2) is 4.68 Å². The van der Waals surface area contributed by atoms with Crippen molar-refractivity contribution in [3.63, 3.8) is 0 Å². The van der Waals surface area contributed by atoms with Crippen LogP contribution in [0, 0.1) is 0 Å². The van der Waals surface area contributed by atoms with Gasteiger partial charge in [-0.3, -0.25) is 0 Å². The van der Waals surface area contributed by atoms with Crippen LogP contribution < -0.4 is 0 Å². The van der Waals surface area contributed by atoms with Gasteiger partial charge in [0, 0.05) is 5.39 Å². The Bertz CT molecular complexity index is 671. The van der Waals surface area contributed by atoms with Gasteiger partial charge in [0.2, 0.25) is 0 Å². The van der Waals surface area contributed by atoms with Gasteiger partial charge in [0.1, 0.15) is 17.0 Å². The lowest BCUT2D eigenvalue weighted by Crippen LogP contribution is -1.95. The van der Waals surface area contributed by atoms with Crippen molar-refractivity contribution < 1.29 is 10.2 Å². The summed E-state index contributed by atoms with van der Waals surface area (Å²) >= 11 is 0. The number of fused-ring (bicyclic) bond motifs is 1. The third-order valence-corrected chi connectivity index (χ3v) is 2.66. The highest BCUT2D eigenvalue weighted by atomic mass is 16.3. The van der Waals surface area contributed by atoms with Crippen LogP contribution in [0.25, 0.3) is 16.6 Å². The molecule has 0 aliphatic rings. The van der Waals surface area contributed by atoms with Crippen LogP contribution in [0.4, 0.5) is 0 Å². The van der Waals surface area contributed by atoms with Gasteiger partial charge >= 0.3 is 0 Å². The fourth-order valence-electron chi connectivity index (χ4n) is 1.85. The number of para-hydroxylation sites is 1. The lowest BCUT2D eigenvalue weighted by Gasteiger charge is -2.04. The summed E-state index contributed by atoms with van der Waals surface area (Å²) in [5, 5.41) is 24.2. The van der Waals surface area contributed by atoms with Crippen molar-refractivity contribution >= 4 is 10.9 Å². The minimum Gasteiger partial charge on any atom is -0.508 e. The summed E-state index contributed by atoms with van der Waals surface area (Å²) in [5.41, 5.74) is 1.46. The number of aromatic hydroxyl groups is 2. The molecular weight excluding hydrogens is 216 g/mol. The standard InChI is InChI=1S/C13H10N2O2/c16-11-6-4-10(5-7-11)15-13-9(8-14-15)2-1-3-12(13)17/h1-8,16-17H. The first kappa shape index (κ1) is 9.72. The second-order valence-corrected chi connectivity index (χ2v) is 3.79. The summed E-state index contributed by atoms with van der Waals surface area (Å²) in [6, 6.07) is 12.0. The Labute approximate surface area is 97.4 Å². The van der Waals surface area contributed by atoms with Crippen LogP contribution in [0.3, 0.4) is 0 Å². The minimum absolute atomic E-state index is 0.188. The highest BCUT2D eigenvalue weighted by molar-refractivity contribution is 5.85. The molecule has 0 aliphatic carbocycles. The predicted molar refractivity (Wildman–Crippen MR) is 64.4 cm³/mol. The number of phenols is 2. The lowest BCUT2D eigenvalue weighted by atomic mass is 10.2. The molecule has 1 heterocycles. The molecule has 0 saturated heterocycles. The molecule has 0 saturated carbocycles. The molecule has 0 amide bonds. The van der Waals surface area contributed by atoms with Crippen LogP contribution in [0.15, 0.2) is 48.7 Å². The zero-order valence-electron chi connectivity index (χ0n) is 8.91. The van der Waals surface area contributed by atoms with E-state index in [1.807, 2.05) is 6.07 Å². The molecule has 0 spiro atoms. The smallest absolute Gasteiger partial charge is 0.141 e. The van der Waals surface area contributed by atoms with Crippen molar-refractivity contribution in [3.05, 3.63) is 48.7 Å². The molecule has 4 heteroatoms. The minimum atomic E-state index is 0.188. The zero-order chi connectivity index (χ0) is 11.8. The first-order valence-electron chi connectivity index (χ1n) is 5.21. The van der Waals surface area contributed by atoms with E-state index in [-0.39, 0.29) is 11.5 Å². The first-order chi connectivity index (χ1) is 8.25. The number of rotatable bonds is 1. The van der Waals surface area contributed by atoms with Crippen molar-refractivity contribution in [1.82, 2.24) is 9.78 Å². The fraction of sp³-hybridized carbons (Fsp3) is 0. The third kappa shape index (κ3) is 1.50.